The van der Waals surface area contributed by atoms with Gasteiger partial charge in [-0.3, -0.25) is 0 Å². The highest BCUT2D eigenvalue weighted by Crippen LogP contribution is 2.39. The number of nitrogens with one attached hydrogen (secondary N) is 1. The van der Waals surface area contributed by atoms with Gasteiger partial charge in [0.15, 0.2) is 0 Å². The maximum absolute atomic E-state index is 14.4. The summed E-state index contributed by atoms with van der Waals surface area (Å²) in [5.41, 5.74) is 5.53. The van der Waals surface area contributed by atoms with Gasteiger partial charge in [0.05, 0.1) is 6.61 Å². The van der Waals surface area contributed by atoms with E-state index in [1.165, 1.54) is 12.3 Å². The van der Waals surface area contributed by atoms with Gasteiger partial charge in [-0.05, 0) is 6.92 Å². The van der Waals surface area contributed by atoms with Crippen molar-refractivity contribution in [3.8, 4) is 0 Å². The first kappa shape index (κ1) is 19.0. The van der Waals surface area contributed by atoms with E-state index in [9.17, 15) is 19.0 Å². The molecule has 0 bridgehead atoms. The van der Waals surface area contributed by atoms with Crippen molar-refractivity contribution in [1.29, 1.82) is 0 Å². The fraction of sp³-hybridized carbons (Fsp3) is 0.786. The fourth-order valence-electron chi connectivity index (χ4n) is 2.53. The minimum absolute atomic E-state index is 0.0272. The Morgan fingerprint density at radius 2 is 2.29 bits per heavy atom. The van der Waals surface area contributed by atoms with Crippen LogP contribution in [0.25, 0.3) is 0 Å². The molecule has 0 spiro atoms. The van der Waals surface area contributed by atoms with Gasteiger partial charge in [0.25, 0.3) is 0 Å². The number of hydrogen-bond acceptors (Lipinski definition) is 8. The third-order valence-corrected chi connectivity index (χ3v) is 3.78. The zero-order chi connectivity index (χ0) is 17.7. The van der Waals surface area contributed by atoms with Gasteiger partial charge in [0, 0.05) is 32.3 Å². The van der Waals surface area contributed by atoms with Gasteiger partial charge in [0.2, 0.25) is 12.6 Å². The SMILES string of the molecule is CCOCCNC[C@H]1O[C@@H](N2C=CCC(N)=N[C@@H]2O)C(F)(F)[C@@H]1O. The molecule has 0 saturated carbocycles. The minimum Gasteiger partial charge on any atom is -0.387 e. The molecule has 0 radical (unpaired) electrons. The number of ether oxygens (including phenoxy) is 2. The molecule has 0 aliphatic carbocycles. The second-order valence-corrected chi connectivity index (χ2v) is 5.55. The molecule has 0 amide bonds. The van der Waals surface area contributed by atoms with Crippen LogP contribution in [0, 0.1) is 0 Å². The molecule has 2 aliphatic rings. The molecule has 0 aromatic carbocycles. The summed E-state index contributed by atoms with van der Waals surface area (Å²) < 4.78 is 39.2. The third kappa shape index (κ3) is 4.19. The van der Waals surface area contributed by atoms with E-state index >= 15 is 0 Å². The molecule has 4 atom stereocenters. The number of aliphatic imine (C=N–C) groups is 1. The number of amidine groups is 1. The highest BCUT2D eigenvalue weighted by atomic mass is 19.3. The maximum atomic E-state index is 14.4. The van der Waals surface area contributed by atoms with Gasteiger partial charge in [-0.2, -0.15) is 8.78 Å². The predicted molar refractivity (Wildman–Crippen MR) is 82.2 cm³/mol. The summed E-state index contributed by atoms with van der Waals surface area (Å²) in [6, 6.07) is 0. The summed E-state index contributed by atoms with van der Waals surface area (Å²) in [5, 5.41) is 22.7. The van der Waals surface area contributed by atoms with E-state index in [1.54, 1.807) is 0 Å². The summed E-state index contributed by atoms with van der Waals surface area (Å²) in [6.07, 6.45) is -3.59. The molecule has 0 aromatic heterocycles. The molecule has 138 valence electrons. The molecular weight excluding hydrogens is 326 g/mol. The van der Waals surface area contributed by atoms with Crippen molar-refractivity contribution in [1.82, 2.24) is 10.2 Å². The Morgan fingerprint density at radius 1 is 1.54 bits per heavy atom. The molecule has 2 heterocycles. The highest BCUT2D eigenvalue weighted by molar-refractivity contribution is 5.81. The number of hydrogen-bond donors (Lipinski definition) is 4. The van der Waals surface area contributed by atoms with Crippen LogP contribution < -0.4 is 11.1 Å². The number of nitrogens with zero attached hydrogens (tertiary/aromatic N) is 2. The van der Waals surface area contributed by atoms with E-state index in [0.29, 0.717) is 19.8 Å². The Hall–Kier alpha value is -1.33. The van der Waals surface area contributed by atoms with Crippen LogP contribution in [-0.2, 0) is 9.47 Å². The van der Waals surface area contributed by atoms with Crippen LogP contribution in [0.5, 0.6) is 0 Å². The summed E-state index contributed by atoms with van der Waals surface area (Å²) in [7, 11) is 0. The first-order valence-electron chi connectivity index (χ1n) is 7.82. The Kier molecular flexibility index (Phi) is 6.47. The first-order valence-corrected chi connectivity index (χ1v) is 7.82. The van der Waals surface area contributed by atoms with E-state index in [0.717, 1.165) is 4.90 Å². The Labute approximate surface area is 138 Å². The van der Waals surface area contributed by atoms with Crippen molar-refractivity contribution < 1.29 is 28.5 Å². The summed E-state index contributed by atoms with van der Waals surface area (Å²) in [6.45, 7) is 3.32. The van der Waals surface area contributed by atoms with E-state index in [1.807, 2.05) is 6.92 Å². The van der Waals surface area contributed by atoms with Crippen LogP contribution in [0.3, 0.4) is 0 Å². The number of nitrogens with two attached hydrogens (primary N) is 1. The van der Waals surface area contributed by atoms with Crippen molar-refractivity contribution in [3.05, 3.63) is 12.3 Å². The lowest BCUT2D eigenvalue weighted by Crippen LogP contribution is -2.50. The van der Waals surface area contributed by atoms with Gasteiger partial charge in [-0.1, -0.05) is 6.08 Å². The molecule has 24 heavy (non-hydrogen) atoms. The second kappa shape index (κ2) is 8.17. The first-order chi connectivity index (χ1) is 11.4. The van der Waals surface area contributed by atoms with Gasteiger partial charge in [-0.15, -0.1) is 0 Å². The zero-order valence-electron chi connectivity index (χ0n) is 13.4. The quantitative estimate of drug-likeness (QED) is 0.444. The Morgan fingerprint density at radius 3 is 3.00 bits per heavy atom. The fourth-order valence-corrected chi connectivity index (χ4v) is 2.53. The molecule has 0 aromatic rings. The number of rotatable bonds is 7. The monoisotopic (exact) mass is 350 g/mol. The molecular formula is C14H24F2N4O4. The molecule has 5 N–H and O–H groups in total. The van der Waals surface area contributed by atoms with Crippen molar-refractivity contribution >= 4 is 5.84 Å². The second-order valence-electron chi connectivity index (χ2n) is 5.55. The lowest BCUT2D eigenvalue weighted by Gasteiger charge is -2.32. The van der Waals surface area contributed by atoms with Crippen molar-refractivity contribution in [2.24, 2.45) is 10.7 Å². The summed E-state index contributed by atoms with van der Waals surface area (Å²) >= 11 is 0. The van der Waals surface area contributed by atoms with Gasteiger partial charge in [-0.25, -0.2) is 4.99 Å². The number of aliphatic hydroxyl groups excluding tert-OH is 2. The van der Waals surface area contributed by atoms with E-state index in [-0.39, 0.29) is 18.8 Å². The standard InChI is InChI=1S/C14H24F2N4O4/c1-2-23-7-5-18-8-9-11(21)14(15,16)12(24-9)20-6-3-4-10(17)19-13(20)22/h3,6,9,11-13,18,21-22H,2,4-5,7-8H2,1H3,(H2,17,19)/t9-,11-,12-,13+/m1/s1. The van der Waals surface area contributed by atoms with Crippen LogP contribution in [0.4, 0.5) is 8.78 Å². The van der Waals surface area contributed by atoms with Crippen LogP contribution >= 0.6 is 0 Å². The molecule has 1 fully saturated rings. The van der Waals surface area contributed by atoms with Crippen molar-refractivity contribution in [2.75, 3.05) is 26.3 Å². The molecule has 2 rings (SSSR count). The van der Waals surface area contributed by atoms with Crippen molar-refractivity contribution in [3.63, 3.8) is 0 Å². The maximum Gasteiger partial charge on any atom is 0.319 e. The largest absolute Gasteiger partial charge is 0.387 e. The molecule has 1 saturated heterocycles. The highest BCUT2D eigenvalue weighted by Gasteiger charge is 2.60. The molecule has 0 unspecified atom stereocenters. The minimum atomic E-state index is -3.58. The van der Waals surface area contributed by atoms with E-state index in [2.05, 4.69) is 10.3 Å². The van der Waals surface area contributed by atoms with Crippen LogP contribution in [0.15, 0.2) is 17.3 Å². The average Bonchev–Trinajstić information content (AvgIpc) is 2.65. The van der Waals surface area contributed by atoms with E-state index < -0.39 is 30.7 Å². The summed E-state index contributed by atoms with van der Waals surface area (Å²) in [4.78, 5) is 4.55. The Bertz CT molecular complexity index is 478. The average molecular weight is 350 g/mol. The molecule has 10 heteroatoms. The third-order valence-electron chi connectivity index (χ3n) is 3.78. The van der Waals surface area contributed by atoms with E-state index in [4.69, 9.17) is 15.2 Å². The smallest absolute Gasteiger partial charge is 0.319 e. The normalized spacial score (nSPS) is 32.7. The van der Waals surface area contributed by atoms with Crippen LogP contribution in [0.1, 0.15) is 13.3 Å². The van der Waals surface area contributed by atoms with Crippen molar-refractivity contribution in [2.45, 2.75) is 44.1 Å². The Balaban J connectivity index is 2.00. The number of alkyl halides is 2. The van der Waals surface area contributed by atoms with Crippen LogP contribution in [-0.4, -0.2) is 78.0 Å². The zero-order valence-corrected chi connectivity index (χ0v) is 13.4. The molecule has 2 aliphatic heterocycles. The molecule has 8 nitrogen and oxygen atoms in total. The number of halogens is 2. The van der Waals surface area contributed by atoms with Gasteiger partial charge >= 0.3 is 5.92 Å². The number of aliphatic hydroxyl groups is 2. The lowest BCUT2D eigenvalue weighted by molar-refractivity contribution is -0.184. The van der Waals surface area contributed by atoms with Gasteiger partial charge < -0.3 is 35.6 Å². The summed E-state index contributed by atoms with van der Waals surface area (Å²) in [5.74, 6) is -3.45. The lowest BCUT2D eigenvalue weighted by atomic mass is 10.1. The topological polar surface area (TPSA) is 113 Å². The predicted octanol–water partition coefficient (Wildman–Crippen LogP) is -0.814. The van der Waals surface area contributed by atoms with Crippen LogP contribution in [0.2, 0.25) is 0 Å². The van der Waals surface area contributed by atoms with Gasteiger partial charge in [0.1, 0.15) is 18.0 Å².